The van der Waals surface area contributed by atoms with Gasteiger partial charge in [0.15, 0.2) is 0 Å². The number of nitrogens with one attached hydrogen (secondary N) is 2. The molecule has 20 heavy (non-hydrogen) atoms. The van der Waals surface area contributed by atoms with Crippen LogP contribution in [0.1, 0.15) is 38.5 Å². The van der Waals surface area contributed by atoms with Crippen LogP contribution in [0, 0.1) is 5.92 Å². The molecule has 2 aliphatic heterocycles. The fourth-order valence-electron chi connectivity index (χ4n) is 2.96. The molecule has 1 amide bonds. The van der Waals surface area contributed by atoms with E-state index in [4.69, 9.17) is 0 Å². The van der Waals surface area contributed by atoms with E-state index < -0.39 is 0 Å². The van der Waals surface area contributed by atoms with Gasteiger partial charge in [0.2, 0.25) is 5.91 Å². The lowest BCUT2D eigenvalue weighted by Gasteiger charge is -2.26. The highest BCUT2D eigenvalue weighted by atomic mass is 35.5. The zero-order valence-corrected chi connectivity index (χ0v) is 13.9. The van der Waals surface area contributed by atoms with Crippen LogP contribution in [0.25, 0.3) is 0 Å². The third-order valence-electron chi connectivity index (χ3n) is 4.13. The highest BCUT2D eigenvalue weighted by Gasteiger charge is 2.16. The van der Waals surface area contributed by atoms with Gasteiger partial charge in [0, 0.05) is 19.5 Å². The third kappa shape index (κ3) is 7.67. The van der Waals surface area contributed by atoms with Gasteiger partial charge in [-0.3, -0.25) is 4.79 Å². The van der Waals surface area contributed by atoms with E-state index in [1.807, 2.05) is 0 Å². The largest absolute Gasteiger partial charge is 0.355 e. The van der Waals surface area contributed by atoms with Crippen LogP contribution < -0.4 is 10.6 Å². The van der Waals surface area contributed by atoms with E-state index in [0.29, 0.717) is 5.92 Å². The number of likely N-dealkylation sites (tertiary alicyclic amines) is 1. The molecule has 0 radical (unpaired) electrons. The van der Waals surface area contributed by atoms with E-state index in [9.17, 15) is 4.79 Å². The van der Waals surface area contributed by atoms with Crippen LogP contribution in [0.4, 0.5) is 0 Å². The summed E-state index contributed by atoms with van der Waals surface area (Å²) in [5.74, 6) is 0.847. The quantitative estimate of drug-likeness (QED) is 0.810. The SMILES string of the molecule is Cl.Cl.O=C(CC1CCNCC1)NCCN1CCCCC1. The Kier molecular flexibility index (Phi) is 11.6. The minimum Gasteiger partial charge on any atom is -0.355 e. The summed E-state index contributed by atoms with van der Waals surface area (Å²) in [7, 11) is 0. The predicted octanol–water partition coefficient (Wildman–Crippen LogP) is 1.82. The molecule has 0 unspecified atom stereocenters. The maximum atomic E-state index is 11.8. The number of nitrogens with zero attached hydrogens (tertiary/aromatic N) is 1. The van der Waals surface area contributed by atoms with Crippen molar-refractivity contribution in [2.24, 2.45) is 5.92 Å². The molecule has 0 aromatic carbocycles. The van der Waals surface area contributed by atoms with Gasteiger partial charge >= 0.3 is 0 Å². The van der Waals surface area contributed by atoms with E-state index in [-0.39, 0.29) is 30.7 Å². The molecule has 0 atom stereocenters. The molecule has 0 saturated carbocycles. The Labute approximate surface area is 135 Å². The standard InChI is InChI=1S/C14H27N3O.2ClH/c18-14(12-13-4-6-15-7-5-13)16-8-11-17-9-2-1-3-10-17;;/h13,15H,1-12H2,(H,16,18);2*1H. The van der Waals surface area contributed by atoms with Crippen LogP contribution in [0.15, 0.2) is 0 Å². The van der Waals surface area contributed by atoms with Gasteiger partial charge < -0.3 is 15.5 Å². The van der Waals surface area contributed by atoms with Crippen molar-refractivity contribution in [3.8, 4) is 0 Å². The summed E-state index contributed by atoms with van der Waals surface area (Å²) in [5.41, 5.74) is 0. The molecular formula is C14H29Cl2N3O. The summed E-state index contributed by atoms with van der Waals surface area (Å²) in [6, 6.07) is 0. The maximum absolute atomic E-state index is 11.8. The Morgan fingerprint density at radius 2 is 1.75 bits per heavy atom. The molecule has 2 heterocycles. The number of carbonyl (C=O) groups is 1. The van der Waals surface area contributed by atoms with Crippen molar-refractivity contribution in [3.05, 3.63) is 0 Å². The van der Waals surface area contributed by atoms with E-state index in [1.54, 1.807) is 0 Å². The summed E-state index contributed by atoms with van der Waals surface area (Å²) in [5, 5.41) is 6.41. The number of amides is 1. The molecule has 0 aromatic rings. The van der Waals surface area contributed by atoms with Crippen LogP contribution in [0.5, 0.6) is 0 Å². The van der Waals surface area contributed by atoms with Gasteiger partial charge in [-0.1, -0.05) is 6.42 Å². The number of halogens is 2. The Morgan fingerprint density at radius 3 is 2.40 bits per heavy atom. The van der Waals surface area contributed by atoms with E-state index >= 15 is 0 Å². The number of carbonyl (C=O) groups excluding carboxylic acids is 1. The van der Waals surface area contributed by atoms with Gasteiger partial charge in [-0.25, -0.2) is 0 Å². The first kappa shape index (κ1) is 20.0. The average molecular weight is 326 g/mol. The highest BCUT2D eigenvalue weighted by molar-refractivity contribution is 5.85. The lowest BCUT2D eigenvalue weighted by molar-refractivity contribution is -0.122. The molecule has 6 heteroatoms. The van der Waals surface area contributed by atoms with Gasteiger partial charge in [-0.05, 0) is 57.8 Å². The third-order valence-corrected chi connectivity index (χ3v) is 4.13. The topological polar surface area (TPSA) is 44.4 Å². The van der Waals surface area contributed by atoms with E-state index in [1.165, 1.54) is 32.4 Å². The first-order chi connectivity index (χ1) is 8.84. The molecule has 0 aromatic heterocycles. The number of rotatable bonds is 5. The minimum absolute atomic E-state index is 0. The molecule has 0 spiro atoms. The Morgan fingerprint density at radius 1 is 1.10 bits per heavy atom. The zero-order valence-electron chi connectivity index (χ0n) is 12.2. The van der Waals surface area contributed by atoms with Crippen LogP contribution in [0.3, 0.4) is 0 Å². The molecule has 4 nitrogen and oxygen atoms in total. The predicted molar refractivity (Wildman–Crippen MR) is 88.0 cm³/mol. The van der Waals surface area contributed by atoms with Gasteiger partial charge in [-0.2, -0.15) is 0 Å². The molecule has 0 bridgehead atoms. The number of piperidine rings is 2. The van der Waals surface area contributed by atoms with Gasteiger partial charge in [-0.15, -0.1) is 24.8 Å². The molecule has 0 aliphatic carbocycles. The smallest absolute Gasteiger partial charge is 0.220 e. The Hall–Kier alpha value is -0.0300. The van der Waals surface area contributed by atoms with Crippen molar-refractivity contribution in [2.45, 2.75) is 38.5 Å². The summed E-state index contributed by atoms with van der Waals surface area (Å²) in [4.78, 5) is 14.3. The molecule has 2 N–H and O–H groups in total. The van der Waals surface area contributed by atoms with Crippen molar-refractivity contribution in [1.82, 2.24) is 15.5 Å². The average Bonchev–Trinajstić information content (AvgIpc) is 2.41. The second kappa shape index (κ2) is 11.6. The van der Waals surface area contributed by atoms with E-state index in [2.05, 4.69) is 15.5 Å². The minimum atomic E-state index is 0. The fourth-order valence-corrected chi connectivity index (χ4v) is 2.96. The molecule has 2 rings (SSSR count). The number of hydrogen-bond acceptors (Lipinski definition) is 3. The maximum Gasteiger partial charge on any atom is 0.220 e. The monoisotopic (exact) mass is 325 g/mol. The molecule has 2 aliphatic rings. The van der Waals surface area contributed by atoms with Crippen molar-refractivity contribution >= 4 is 30.7 Å². The second-order valence-electron chi connectivity index (χ2n) is 5.65. The molecular weight excluding hydrogens is 297 g/mol. The number of hydrogen-bond donors (Lipinski definition) is 2. The fraction of sp³-hybridized carbons (Fsp3) is 0.929. The first-order valence-electron chi connectivity index (χ1n) is 7.54. The molecule has 2 fully saturated rings. The van der Waals surface area contributed by atoms with Crippen LogP contribution in [0.2, 0.25) is 0 Å². The van der Waals surface area contributed by atoms with Gasteiger partial charge in [0.05, 0.1) is 0 Å². The zero-order chi connectivity index (χ0) is 12.6. The van der Waals surface area contributed by atoms with Crippen LogP contribution in [-0.4, -0.2) is 50.1 Å². The Balaban J connectivity index is 0.00000180. The van der Waals surface area contributed by atoms with Crippen LogP contribution in [-0.2, 0) is 4.79 Å². The van der Waals surface area contributed by atoms with Crippen molar-refractivity contribution in [3.63, 3.8) is 0 Å². The normalized spacial score (nSPS) is 20.6. The summed E-state index contributed by atoms with van der Waals surface area (Å²) < 4.78 is 0. The first-order valence-corrected chi connectivity index (χ1v) is 7.54. The molecule has 120 valence electrons. The van der Waals surface area contributed by atoms with Crippen LogP contribution >= 0.6 is 24.8 Å². The second-order valence-corrected chi connectivity index (χ2v) is 5.65. The molecule has 2 saturated heterocycles. The van der Waals surface area contributed by atoms with Gasteiger partial charge in [0.1, 0.15) is 0 Å². The van der Waals surface area contributed by atoms with E-state index in [0.717, 1.165) is 45.4 Å². The summed E-state index contributed by atoms with van der Waals surface area (Å²) in [6.07, 6.45) is 7.05. The highest BCUT2D eigenvalue weighted by Crippen LogP contribution is 2.15. The lowest BCUT2D eigenvalue weighted by atomic mass is 9.94. The van der Waals surface area contributed by atoms with Crippen molar-refractivity contribution < 1.29 is 4.79 Å². The Bertz CT molecular complexity index is 255. The lowest BCUT2D eigenvalue weighted by Crippen LogP contribution is -2.38. The summed E-state index contributed by atoms with van der Waals surface area (Å²) in [6.45, 7) is 6.42. The van der Waals surface area contributed by atoms with Crippen molar-refractivity contribution in [2.75, 3.05) is 39.3 Å². The van der Waals surface area contributed by atoms with Gasteiger partial charge in [0.25, 0.3) is 0 Å². The summed E-state index contributed by atoms with van der Waals surface area (Å²) >= 11 is 0. The van der Waals surface area contributed by atoms with Crippen molar-refractivity contribution in [1.29, 1.82) is 0 Å².